The van der Waals surface area contributed by atoms with Crippen molar-refractivity contribution in [2.75, 3.05) is 17.7 Å². The van der Waals surface area contributed by atoms with Crippen molar-refractivity contribution >= 4 is 39.0 Å². The van der Waals surface area contributed by atoms with E-state index in [0.29, 0.717) is 5.95 Å². The van der Waals surface area contributed by atoms with E-state index in [-0.39, 0.29) is 0 Å². The van der Waals surface area contributed by atoms with Crippen molar-refractivity contribution in [2.24, 2.45) is 0 Å². The Balaban J connectivity index is 2.21. The van der Waals surface area contributed by atoms with Crippen molar-refractivity contribution in [3.63, 3.8) is 0 Å². The molecule has 5 heteroatoms. The third-order valence-electron chi connectivity index (χ3n) is 3.31. The Bertz CT molecular complexity index is 779. The molecule has 2 aromatic heterocycles. The second-order valence-electron chi connectivity index (χ2n) is 4.83. The largest absolute Gasteiger partial charge is 0.368 e. The molecule has 1 aromatic carbocycles. The smallest absolute Gasteiger partial charge is 0.223 e. The molecule has 3 aromatic rings. The molecular weight excluding hydrogens is 268 g/mol. The van der Waals surface area contributed by atoms with Crippen LogP contribution in [0.25, 0.3) is 10.2 Å². The molecule has 0 unspecified atom stereocenters. The number of para-hydroxylation sites is 1. The van der Waals surface area contributed by atoms with Crippen molar-refractivity contribution in [1.29, 1.82) is 0 Å². The summed E-state index contributed by atoms with van der Waals surface area (Å²) in [5.41, 5.74) is 8.17. The molecule has 0 aliphatic heterocycles. The Hall–Kier alpha value is -2.14. The lowest BCUT2D eigenvalue weighted by molar-refractivity contribution is 1.11. The topological polar surface area (TPSA) is 55.0 Å². The van der Waals surface area contributed by atoms with Gasteiger partial charge in [-0.05, 0) is 31.5 Å². The number of benzene rings is 1. The number of fused-ring (bicyclic) bond motifs is 1. The number of anilines is 3. The number of nitrogen functional groups attached to an aromatic ring is 1. The Morgan fingerprint density at radius 1 is 1.15 bits per heavy atom. The number of rotatable bonds is 2. The fourth-order valence-electron chi connectivity index (χ4n) is 2.35. The highest BCUT2D eigenvalue weighted by Crippen LogP contribution is 2.34. The molecule has 0 amide bonds. The Kier molecular flexibility index (Phi) is 3.06. The minimum Gasteiger partial charge on any atom is -0.368 e. The first-order valence-corrected chi connectivity index (χ1v) is 7.21. The van der Waals surface area contributed by atoms with Gasteiger partial charge in [-0.1, -0.05) is 18.2 Å². The molecule has 0 aliphatic carbocycles. The molecular formula is C15H16N4S. The van der Waals surface area contributed by atoms with E-state index in [1.807, 2.05) is 19.2 Å². The number of hydrogen-bond acceptors (Lipinski definition) is 5. The molecule has 0 atom stereocenters. The summed E-state index contributed by atoms with van der Waals surface area (Å²) in [5, 5.41) is 1.05. The van der Waals surface area contributed by atoms with Gasteiger partial charge in [0.1, 0.15) is 10.6 Å². The van der Waals surface area contributed by atoms with Crippen LogP contribution >= 0.6 is 11.3 Å². The van der Waals surface area contributed by atoms with Crippen LogP contribution in [-0.4, -0.2) is 17.0 Å². The Morgan fingerprint density at radius 2 is 1.90 bits per heavy atom. The zero-order chi connectivity index (χ0) is 14.3. The number of hydrogen-bond donors (Lipinski definition) is 1. The summed E-state index contributed by atoms with van der Waals surface area (Å²) in [6, 6.07) is 10.3. The van der Waals surface area contributed by atoms with E-state index in [1.165, 1.54) is 10.4 Å². The molecule has 0 radical (unpaired) electrons. The summed E-state index contributed by atoms with van der Waals surface area (Å²) in [7, 11) is 2.01. The van der Waals surface area contributed by atoms with E-state index in [0.717, 1.165) is 21.7 Å². The van der Waals surface area contributed by atoms with Crippen molar-refractivity contribution in [1.82, 2.24) is 9.97 Å². The van der Waals surface area contributed by atoms with Crippen LogP contribution in [0.4, 0.5) is 17.5 Å². The van der Waals surface area contributed by atoms with Crippen molar-refractivity contribution in [2.45, 2.75) is 13.8 Å². The quantitative estimate of drug-likeness (QED) is 0.780. The minimum atomic E-state index is 0.315. The predicted octanol–water partition coefficient (Wildman–Crippen LogP) is 3.66. The number of nitrogens with zero attached hydrogens (tertiary/aromatic N) is 3. The molecule has 0 fully saturated rings. The first-order chi connectivity index (χ1) is 9.56. The van der Waals surface area contributed by atoms with Crippen LogP contribution < -0.4 is 10.6 Å². The highest BCUT2D eigenvalue weighted by Gasteiger charge is 2.15. The Labute approximate surface area is 121 Å². The molecule has 4 nitrogen and oxygen atoms in total. The lowest BCUT2D eigenvalue weighted by Gasteiger charge is -2.21. The molecule has 0 bridgehead atoms. The molecule has 20 heavy (non-hydrogen) atoms. The zero-order valence-electron chi connectivity index (χ0n) is 11.7. The van der Waals surface area contributed by atoms with Gasteiger partial charge in [0.05, 0.1) is 5.39 Å². The zero-order valence-corrected chi connectivity index (χ0v) is 12.5. The maximum absolute atomic E-state index is 5.85. The van der Waals surface area contributed by atoms with E-state index in [2.05, 4.69) is 46.9 Å². The van der Waals surface area contributed by atoms with Gasteiger partial charge >= 0.3 is 0 Å². The van der Waals surface area contributed by atoms with Gasteiger partial charge in [0, 0.05) is 17.6 Å². The maximum Gasteiger partial charge on any atom is 0.223 e. The van der Waals surface area contributed by atoms with Gasteiger partial charge in [-0.25, -0.2) is 4.98 Å². The van der Waals surface area contributed by atoms with Crippen LogP contribution in [0.2, 0.25) is 0 Å². The van der Waals surface area contributed by atoms with Gasteiger partial charge in [0.2, 0.25) is 5.95 Å². The predicted molar refractivity (Wildman–Crippen MR) is 85.8 cm³/mol. The molecule has 3 rings (SSSR count). The summed E-state index contributed by atoms with van der Waals surface area (Å²) in [6.45, 7) is 4.16. The fourth-order valence-corrected chi connectivity index (χ4v) is 3.23. The highest BCUT2D eigenvalue weighted by molar-refractivity contribution is 7.18. The number of nitrogens with two attached hydrogens (primary N) is 1. The third kappa shape index (κ3) is 2.10. The summed E-state index contributed by atoms with van der Waals surface area (Å²) >= 11 is 1.64. The van der Waals surface area contributed by atoms with Gasteiger partial charge < -0.3 is 10.6 Å². The maximum atomic E-state index is 5.85. The lowest BCUT2D eigenvalue weighted by atomic mass is 10.2. The molecule has 0 aliphatic rings. The normalized spacial score (nSPS) is 10.9. The molecule has 2 heterocycles. The van der Waals surface area contributed by atoms with Crippen LogP contribution in [0.3, 0.4) is 0 Å². The van der Waals surface area contributed by atoms with Gasteiger partial charge in [-0.3, -0.25) is 0 Å². The molecule has 0 saturated carbocycles. The van der Waals surface area contributed by atoms with Gasteiger partial charge in [-0.2, -0.15) is 4.98 Å². The van der Waals surface area contributed by atoms with Gasteiger partial charge in [-0.15, -0.1) is 11.3 Å². The first-order valence-electron chi connectivity index (χ1n) is 6.39. The van der Waals surface area contributed by atoms with Crippen molar-refractivity contribution < 1.29 is 0 Å². The van der Waals surface area contributed by atoms with Crippen LogP contribution in [0.5, 0.6) is 0 Å². The molecule has 0 saturated heterocycles. The van der Waals surface area contributed by atoms with E-state index in [9.17, 15) is 0 Å². The second-order valence-corrected chi connectivity index (χ2v) is 6.06. The average molecular weight is 284 g/mol. The Morgan fingerprint density at radius 3 is 2.65 bits per heavy atom. The molecule has 0 spiro atoms. The number of aromatic nitrogens is 2. The van der Waals surface area contributed by atoms with Crippen molar-refractivity contribution in [3.8, 4) is 0 Å². The summed E-state index contributed by atoms with van der Waals surface area (Å²) in [5.74, 6) is 1.17. The monoisotopic (exact) mass is 284 g/mol. The van der Waals surface area contributed by atoms with Gasteiger partial charge in [0.15, 0.2) is 0 Å². The van der Waals surface area contributed by atoms with E-state index < -0.39 is 0 Å². The summed E-state index contributed by atoms with van der Waals surface area (Å²) in [4.78, 5) is 13.0. The van der Waals surface area contributed by atoms with Gasteiger partial charge in [0.25, 0.3) is 0 Å². The summed E-state index contributed by atoms with van der Waals surface area (Å²) in [6.07, 6.45) is 0. The molecule has 2 N–H and O–H groups in total. The van der Waals surface area contributed by atoms with Crippen LogP contribution in [-0.2, 0) is 0 Å². The number of thiophene rings is 1. The minimum absolute atomic E-state index is 0.315. The second kappa shape index (κ2) is 4.76. The van der Waals surface area contributed by atoms with Crippen LogP contribution in [0.15, 0.2) is 30.3 Å². The number of aryl methyl sites for hydroxylation is 2. The van der Waals surface area contributed by atoms with E-state index in [4.69, 9.17) is 5.73 Å². The first kappa shape index (κ1) is 12.9. The molecule has 102 valence electrons. The van der Waals surface area contributed by atoms with Crippen LogP contribution in [0, 0.1) is 13.8 Å². The van der Waals surface area contributed by atoms with E-state index in [1.54, 1.807) is 11.3 Å². The highest BCUT2D eigenvalue weighted by atomic mass is 32.1. The lowest BCUT2D eigenvalue weighted by Crippen LogP contribution is -2.14. The standard InChI is InChI=1S/C15H16N4S/c1-9-6-4-5-7-12(9)19(3)13-11-8-10(2)20-14(11)18-15(16)17-13/h4-8H,1-3H3,(H2,16,17,18). The average Bonchev–Trinajstić information content (AvgIpc) is 2.77. The summed E-state index contributed by atoms with van der Waals surface area (Å²) < 4.78 is 0. The SMILES string of the molecule is Cc1cc2c(N(C)c3ccccc3C)nc(N)nc2s1. The third-order valence-corrected chi connectivity index (χ3v) is 4.25. The van der Waals surface area contributed by atoms with E-state index >= 15 is 0 Å². The van der Waals surface area contributed by atoms with Crippen LogP contribution in [0.1, 0.15) is 10.4 Å². The van der Waals surface area contributed by atoms with Crippen molar-refractivity contribution in [3.05, 3.63) is 40.8 Å². The fraction of sp³-hybridized carbons (Fsp3) is 0.200.